The summed E-state index contributed by atoms with van der Waals surface area (Å²) in [5, 5.41) is 0. The summed E-state index contributed by atoms with van der Waals surface area (Å²) in [6.45, 7) is 1.60. The summed E-state index contributed by atoms with van der Waals surface area (Å²) in [5.74, 6) is 0.926. The van der Waals surface area contributed by atoms with Crippen LogP contribution in [-0.2, 0) is 14.3 Å². The Morgan fingerprint density at radius 3 is 2.95 bits per heavy atom. The maximum absolute atomic E-state index is 12.3. The number of epoxide rings is 1. The van der Waals surface area contributed by atoms with E-state index in [0.717, 1.165) is 32.4 Å². The lowest BCUT2D eigenvalue weighted by molar-refractivity contribution is -0.140. The van der Waals surface area contributed by atoms with Crippen LogP contribution in [0, 0.1) is 11.8 Å². The molecule has 3 saturated heterocycles. The standard InChI is InChI=1S/C15H20NO3/c17-8-4-12-14(10-19-14)6-7-16-13(18)9-11-3-1-2-5-15(11,12)16/h11-12H,1-7,9-10H2/q+1/t11-,12+,14-,15?/m0/s1. The molecule has 4 nitrogen and oxygen atoms in total. The Bertz CT molecular complexity index is 431. The summed E-state index contributed by atoms with van der Waals surface area (Å²) in [7, 11) is 0. The molecular weight excluding hydrogens is 242 g/mol. The van der Waals surface area contributed by atoms with Crippen molar-refractivity contribution in [3.63, 3.8) is 0 Å². The minimum Gasteiger partial charge on any atom is -0.369 e. The second-order valence-electron chi connectivity index (χ2n) is 6.69. The van der Waals surface area contributed by atoms with Gasteiger partial charge in [-0.1, -0.05) is 12.8 Å². The van der Waals surface area contributed by atoms with Gasteiger partial charge in [-0.05, 0) is 25.2 Å². The van der Waals surface area contributed by atoms with E-state index >= 15 is 0 Å². The van der Waals surface area contributed by atoms with Crippen LogP contribution in [0.2, 0.25) is 0 Å². The summed E-state index contributed by atoms with van der Waals surface area (Å²) in [4.78, 5) is 25.5. The number of hydrogen-bond donors (Lipinski definition) is 0. The molecule has 102 valence electrons. The monoisotopic (exact) mass is 262 g/mol. The Morgan fingerprint density at radius 1 is 1.37 bits per heavy atom. The van der Waals surface area contributed by atoms with Crippen LogP contribution >= 0.6 is 0 Å². The smallest absolute Gasteiger partial charge is 0.369 e. The lowest BCUT2D eigenvalue weighted by atomic mass is 9.59. The SMILES string of the molecule is O=[C+]C[C@H]1C23CCCC[C@H]2CC(=O)N3CC[C@]12CO2. The minimum atomic E-state index is -0.103. The minimum absolute atomic E-state index is 0.0819. The molecule has 19 heavy (non-hydrogen) atoms. The van der Waals surface area contributed by atoms with Gasteiger partial charge >= 0.3 is 6.29 Å². The molecule has 1 aliphatic carbocycles. The first kappa shape index (κ1) is 11.8. The van der Waals surface area contributed by atoms with Gasteiger partial charge in [-0.2, -0.15) is 0 Å². The number of amides is 1. The molecule has 1 saturated carbocycles. The van der Waals surface area contributed by atoms with Crippen LogP contribution in [0.1, 0.15) is 44.9 Å². The summed E-state index contributed by atoms with van der Waals surface area (Å²) in [5.41, 5.74) is -0.185. The van der Waals surface area contributed by atoms with Crippen molar-refractivity contribution in [2.45, 2.75) is 56.1 Å². The lowest BCUT2D eigenvalue weighted by Crippen LogP contribution is -2.64. The van der Waals surface area contributed by atoms with Gasteiger partial charge in [0, 0.05) is 17.8 Å². The van der Waals surface area contributed by atoms with Gasteiger partial charge in [-0.25, -0.2) is 0 Å². The van der Waals surface area contributed by atoms with Gasteiger partial charge in [-0.3, -0.25) is 4.79 Å². The first-order valence-electron chi connectivity index (χ1n) is 7.52. The van der Waals surface area contributed by atoms with Crippen LogP contribution in [0.15, 0.2) is 0 Å². The van der Waals surface area contributed by atoms with E-state index in [4.69, 9.17) is 4.74 Å². The second kappa shape index (κ2) is 3.77. The number of piperidine rings is 1. The highest BCUT2D eigenvalue weighted by Gasteiger charge is 2.70. The molecule has 4 rings (SSSR count). The van der Waals surface area contributed by atoms with E-state index in [2.05, 4.69) is 11.2 Å². The highest BCUT2D eigenvalue weighted by Crippen LogP contribution is 2.60. The quantitative estimate of drug-likeness (QED) is 0.559. The van der Waals surface area contributed by atoms with Crippen molar-refractivity contribution in [1.29, 1.82) is 0 Å². The van der Waals surface area contributed by atoms with Crippen molar-refractivity contribution in [2.24, 2.45) is 11.8 Å². The van der Waals surface area contributed by atoms with Crippen LogP contribution in [0.5, 0.6) is 0 Å². The molecule has 0 N–H and O–H groups in total. The number of carbonyl (C=O) groups excluding carboxylic acids is 2. The van der Waals surface area contributed by atoms with E-state index in [1.54, 1.807) is 0 Å². The third kappa shape index (κ3) is 1.36. The van der Waals surface area contributed by atoms with E-state index in [9.17, 15) is 9.59 Å². The van der Waals surface area contributed by atoms with Crippen molar-refractivity contribution >= 4 is 12.2 Å². The first-order chi connectivity index (χ1) is 9.23. The summed E-state index contributed by atoms with van der Waals surface area (Å²) in [6.07, 6.45) is 8.72. The third-order valence-corrected chi connectivity index (χ3v) is 6.11. The molecule has 3 heterocycles. The molecule has 0 aromatic carbocycles. The predicted octanol–water partition coefficient (Wildman–Crippen LogP) is 1.44. The molecule has 0 aromatic rings. The summed E-state index contributed by atoms with van der Waals surface area (Å²) >= 11 is 0. The van der Waals surface area contributed by atoms with Crippen molar-refractivity contribution in [3.8, 4) is 0 Å². The maximum Gasteiger partial charge on any atom is 0.506 e. The molecule has 1 unspecified atom stereocenters. The zero-order valence-electron chi connectivity index (χ0n) is 11.2. The van der Waals surface area contributed by atoms with Gasteiger partial charge in [0.05, 0.1) is 18.1 Å². The second-order valence-corrected chi connectivity index (χ2v) is 6.69. The van der Waals surface area contributed by atoms with E-state index in [-0.39, 0.29) is 17.1 Å². The van der Waals surface area contributed by atoms with Gasteiger partial charge in [-0.15, -0.1) is 0 Å². The zero-order chi connectivity index (χ0) is 13.1. The van der Waals surface area contributed by atoms with Crippen molar-refractivity contribution < 1.29 is 14.3 Å². The van der Waals surface area contributed by atoms with Crippen LogP contribution in [-0.4, -0.2) is 41.4 Å². The van der Waals surface area contributed by atoms with Crippen molar-refractivity contribution in [2.75, 3.05) is 13.2 Å². The molecule has 0 aromatic heterocycles. The first-order valence-corrected chi connectivity index (χ1v) is 7.52. The Morgan fingerprint density at radius 2 is 2.21 bits per heavy atom. The Hall–Kier alpha value is -0.990. The summed E-state index contributed by atoms with van der Waals surface area (Å²) < 4.78 is 5.77. The molecule has 3 aliphatic heterocycles. The zero-order valence-corrected chi connectivity index (χ0v) is 11.2. The van der Waals surface area contributed by atoms with Crippen LogP contribution in [0.25, 0.3) is 0 Å². The average Bonchev–Trinajstić information content (AvgIpc) is 3.11. The van der Waals surface area contributed by atoms with Crippen molar-refractivity contribution in [1.82, 2.24) is 4.90 Å². The van der Waals surface area contributed by atoms with E-state index in [0.29, 0.717) is 24.7 Å². The fourth-order valence-electron chi connectivity index (χ4n) is 5.24. The summed E-state index contributed by atoms with van der Waals surface area (Å²) in [6, 6.07) is 0. The molecular formula is C15H20NO3+. The van der Waals surface area contributed by atoms with Gasteiger partial charge in [0.25, 0.3) is 0 Å². The molecule has 4 heteroatoms. The third-order valence-electron chi connectivity index (χ3n) is 6.11. The van der Waals surface area contributed by atoms with E-state index in [1.807, 2.05) is 0 Å². The Balaban J connectivity index is 1.79. The highest BCUT2D eigenvalue weighted by atomic mass is 16.6. The normalized spacial score (nSPS) is 47.8. The fourth-order valence-corrected chi connectivity index (χ4v) is 5.24. The largest absolute Gasteiger partial charge is 0.506 e. The van der Waals surface area contributed by atoms with Gasteiger partial charge in [0.1, 0.15) is 5.60 Å². The predicted molar refractivity (Wildman–Crippen MR) is 68.1 cm³/mol. The van der Waals surface area contributed by atoms with Gasteiger partial charge < -0.3 is 9.64 Å². The molecule has 0 bridgehead atoms. The topological polar surface area (TPSA) is 49.9 Å². The number of hydrogen-bond acceptors (Lipinski definition) is 3. The van der Waals surface area contributed by atoms with E-state index < -0.39 is 0 Å². The van der Waals surface area contributed by atoms with Crippen LogP contribution < -0.4 is 0 Å². The Labute approximate surface area is 113 Å². The average molecular weight is 262 g/mol. The fraction of sp³-hybridized carbons (Fsp3) is 0.867. The van der Waals surface area contributed by atoms with Gasteiger partial charge in [0.15, 0.2) is 0 Å². The molecule has 4 fully saturated rings. The van der Waals surface area contributed by atoms with Crippen LogP contribution in [0.3, 0.4) is 0 Å². The van der Waals surface area contributed by atoms with Gasteiger partial charge in [0.2, 0.25) is 12.3 Å². The number of rotatable bonds is 2. The number of nitrogens with zero attached hydrogens (tertiary/aromatic N) is 1. The Kier molecular flexibility index (Phi) is 2.34. The number of carbonyl (C=O) groups is 1. The van der Waals surface area contributed by atoms with Crippen LogP contribution in [0.4, 0.5) is 0 Å². The molecule has 0 radical (unpaired) electrons. The molecule has 2 spiro atoms. The molecule has 4 atom stereocenters. The van der Waals surface area contributed by atoms with Crippen molar-refractivity contribution in [3.05, 3.63) is 0 Å². The highest BCUT2D eigenvalue weighted by molar-refractivity contribution is 5.81. The maximum atomic E-state index is 12.3. The number of ether oxygens (including phenoxy) is 1. The van der Waals surface area contributed by atoms with E-state index in [1.165, 1.54) is 12.8 Å². The molecule has 1 amide bonds. The lowest BCUT2D eigenvalue weighted by Gasteiger charge is -2.53. The molecule has 4 aliphatic rings.